The lowest BCUT2D eigenvalue weighted by Crippen LogP contribution is -2.40. The molecule has 5 nitrogen and oxygen atoms in total. The SMILES string of the molecule is O=C1OCN(C(=O)OCC2c3ccccc3-c3ccccc32)[C@H]1CC1CCCC1. The normalized spacial score (nSPS) is 21.2. The number of carbonyl (C=O) groups excluding carboxylic acids is 2. The highest BCUT2D eigenvalue weighted by Gasteiger charge is 2.41. The molecule has 1 saturated heterocycles. The molecule has 0 bridgehead atoms. The molecule has 5 heteroatoms. The van der Waals surface area contributed by atoms with Crippen LogP contribution in [0.1, 0.15) is 49.1 Å². The average Bonchev–Trinajstić information content (AvgIpc) is 3.46. The number of rotatable bonds is 4. The van der Waals surface area contributed by atoms with Crippen LogP contribution in [0, 0.1) is 5.92 Å². The van der Waals surface area contributed by atoms with Crippen LogP contribution < -0.4 is 0 Å². The zero-order valence-electron chi connectivity index (χ0n) is 16.4. The van der Waals surface area contributed by atoms with Gasteiger partial charge in [-0.25, -0.2) is 9.59 Å². The van der Waals surface area contributed by atoms with Crippen LogP contribution in [-0.4, -0.2) is 36.3 Å². The summed E-state index contributed by atoms with van der Waals surface area (Å²) in [6, 6.07) is 16.0. The third-order valence-electron chi connectivity index (χ3n) is 6.60. The minimum atomic E-state index is -0.506. The van der Waals surface area contributed by atoms with Gasteiger partial charge in [0.25, 0.3) is 0 Å². The highest BCUT2D eigenvalue weighted by Crippen LogP contribution is 2.44. The number of hydrogen-bond donors (Lipinski definition) is 0. The number of esters is 1. The number of fused-ring (bicyclic) bond motifs is 3. The number of ether oxygens (including phenoxy) is 2. The molecule has 5 rings (SSSR count). The Hall–Kier alpha value is -2.82. The first-order valence-electron chi connectivity index (χ1n) is 10.5. The highest BCUT2D eigenvalue weighted by atomic mass is 16.6. The van der Waals surface area contributed by atoms with Gasteiger partial charge in [-0.05, 0) is 34.6 Å². The Balaban J connectivity index is 1.30. The van der Waals surface area contributed by atoms with Crippen molar-refractivity contribution in [3.63, 3.8) is 0 Å². The van der Waals surface area contributed by atoms with Crippen LogP contribution in [0.15, 0.2) is 48.5 Å². The molecule has 2 aromatic rings. The molecule has 0 radical (unpaired) electrons. The molecule has 29 heavy (non-hydrogen) atoms. The van der Waals surface area contributed by atoms with Gasteiger partial charge in [0.05, 0.1) is 0 Å². The highest BCUT2D eigenvalue weighted by molar-refractivity contribution is 5.84. The summed E-state index contributed by atoms with van der Waals surface area (Å²) < 4.78 is 10.9. The van der Waals surface area contributed by atoms with Crippen molar-refractivity contribution in [1.82, 2.24) is 4.90 Å². The number of amides is 1. The van der Waals surface area contributed by atoms with Gasteiger partial charge in [-0.3, -0.25) is 4.90 Å². The van der Waals surface area contributed by atoms with Gasteiger partial charge in [0, 0.05) is 5.92 Å². The van der Waals surface area contributed by atoms with Crippen molar-refractivity contribution in [1.29, 1.82) is 0 Å². The van der Waals surface area contributed by atoms with E-state index in [1.54, 1.807) is 0 Å². The van der Waals surface area contributed by atoms with E-state index in [0.29, 0.717) is 12.3 Å². The molecule has 1 amide bonds. The molecular formula is C24H25NO4. The Morgan fingerprint density at radius 2 is 1.62 bits per heavy atom. The maximum Gasteiger partial charge on any atom is 0.413 e. The number of carbonyl (C=O) groups is 2. The van der Waals surface area contributed by atoms with Gasteiger partial charge in [0.1, 0.15) is 12.6 Å². The largest absolute Gasteiger partial charge is 0.448 e. The van der Waals surface area contributed by atoms with E-state index in [2.05, 4.69) is 24.3 Å². The predicted octanol–water partition coefficient (Wildman–Crippen LogP) is 4.70. The number of hydrogen-bond acceptors (Lipinski definition) is 4. The van der Waals surface area contributed by atoms with E-state index in [1.165, 1.54) is 40.0 Å². The fourth-order valence-electron chi connectivity index (χ4n) is 5.09. The molecule has 2 aliphatic carbocycles. The summed E-state index contributed by atoms with van der Waals surface area (Å²) in [7, 11) is 0. The number of cyclic esters (lactones) is 1. The Morgan fingerprint density at radius 3 is 2.28 bits per heavy atom. The molecule has 3 aliphatic rings. The predicted molar refractivity (Wildman–Crippen MR) is 108 cm³/mol. The molecule has 1 heterocycles. The lowest BCUT2D eigenvalue weighted by atomic mass is 9.98. The van der Waals surface area contributed by atoms with Crippen LogP contribution >= 0.6 is 0 Å². The molecule has 2 aromatic carbocycles. The molecule has 150 valence electrons. The molecule has 0 aromatic heterocycles. The Labute approximate surface area is 170 Å². The zero-order chi connectivity index (χ0) is 19.8. The van der Waals surface area contributed by atoms with E-state index in [-0.39, 0.29) is 25.2 Å². The van der Waals surface area contributed by atoms with Gasteiger partial charge >= 0.3 is 12.1 Å². The van der Waals surface area contributed by atoms with Crippen LogP contribution in [-0.2, 0) is 14.3 Å². The molecule has 2 fully saturated rings. The monoisotopic (exact) mass is 391 g/mol. The van der Waals surface area contributed by atoms with Crippen LogP contribution in [0.5, 0.6) is 0 Å². The quantitative estimate of drug-likeness (QED) is 0.709. The Bertz CT molecular complexity index is 888. The minimum absolute atomic E-state index is 0.00705. The molecule has 1 atom stereocenters. The fraction of sp³-hybridized carbons (Fsp3) is 0.417. The second-order valence-electron chi connectivity index (χ2n) is 8.27. The van der Waals surface area contributed by atoms with E-state index in [0.717, 1.165) is 12.8 Å². The number of nitrogens with zero attached hydrogens (tertiary/aromatic N) is 1. The van der Waals surface area contributed by atoms with Crippen LogP contribution in [0.25, 0.3) is 11.1 Å². The van der Waals surface area contributed by atoms with E-state index in [1.807, 2.05) is 24.3 Å². The maximum atomic E-state index is 12.8. The topological polar surface area (TPSA) is 55.8 Å². The van der Waals surface area contributed by atoms with Gasteiger partial charge in [-0.2, -0.15) is 0 Å². The van der Waals surface area contributed by atoms with Gasteiger partial charge in [-0.1, -0.05) is 74.2 Å². The van der Waals surface area contributed by atoms with Gasteiger partial charge in [0.2, 0.25) is 0 Å². The van der Waals surface area contributed by atoms with Crippen molar-refractivity contribution in [2.24, 2.45) is 5.92 Å². The van der Waals surface area contributed by atoms with E-state index in [9.17, 15) is 9.59 Å². The second-order valence-corrected chi connectivity index (χ2v) is 8.27. The summed E-state index contributed by atoms with van der Waals surface area (Å²) in [5.74, 6) is 0.207. The van der Waals surface area contributed by atoms with E-state index < -0.39 is 12.1 Å². The molecule has 0 spiro atoms. The zero-order valence-corrected chi connectivity index (χ0v) is 16.4. The number of benzene rings is 2. The van der Waals surface area contributed by atoms with Crippen LogP contribution in [0.2, 0.25) is 0 Å². The van der Waals surface area contributed by atoms with Gasteiger partial charge in [0.15, 0.2) is 6.73 Å². The second kappa shape index (κ2) is 7.54. The van der Waals surface area contributed by atoms with E-state index in [4.69, 9.17) is 9.47 Å². The van der Waals surface area contributed by atoms with Crippen LogP contribution in [0.4, 0.5) is 4.79 Å². The van der Waals surface area contributed by atoms with Crippen molar-refractivity contribution in [3.05, 3.63) is 59.7 Å². The van der Waals surface area contributed by atoms with Crippen molar-refractivity contribution in [2.45, 2.75) is 44.1 Å². The summed E-state index contributed by atoms with van der Waals surface area (Å²) in [4.78, 5) is 26.5. The minimum Gasteiger partial charge on any atom is -0.448 e. The van der Waals surface area contributed by atoms with Crippen molar-refractivity contribution in [2.75, 3.05) is 13.3 Å². The van der Waals surface area contributed by atoms with Gasteiger partial charge < -0.3 is 9.47 Å². The smallest absolute Gasteiger partial charge is 0.413 e. The maximum absolute atomic E-state index is 12.8. The Morgan fingerprint density at radius 1 is 1.00 bits per heavy atom. The summed E-state index contributed by atoms with van der Waals surface area (Å²) >= 11 is 0. The summed E-state index contributed by atoms with van der Waals surface area (Å²) in [5.41, 5.74) is 4.75. The summed E-state index contributed by atoms with van der Waals surface area (Å²) in [5, 5.41) is 0. The average molecular weight is 391 g/mol. The summed E-state index contributed by atoms with van der Waals surface area (Å²) in [6.07, 6.45) is 4.89. The first kappa shape index (κ1) is 18.2. The first-order valence-corrected chi connectivity index (χ1v) is 10.5. The Kier molecular flexibility index (Phi) is 4.74. The van der Waals surface area contributed by atoms with Crippen molar-refractivity contribution in [3.8, 4) is 11.1 Å². The molecule has 1 saturated carbocycles. The lowest BCUT2D eigenvalue weighted by molar-refractivity contribution is -0.139. The van der Waals surface area contributed by atoms with Crippen LogP contribution in [0.3, 0.4) is 0 Å². The first-order chi connectivity index (χ1) is 14.2. The third-order valence-corrected chi connectivity index (χ3v) is 6.60. The van der Waals surface area contributed by atoms with Crippen molar-refractivity contribution >= 4 is 12.1 Å². The lowest BCUT2D eigenvalue weighted by Gasteiger charge is -2.23. The molecular weight excluding hydrogens is 366 g/mol. The standard InChI is InChI=1S/C24H25NO4/c26-23-22(13-16-7-1-2-8-16)25(15-29-23)24(27)28-14-21-19-11-5-3-9-17(19)18-10-4-6-12-20(18)21/h3-6,9-12,16,21-22H,1-2,7-8,13-15H2/t22-/m0/s1. The summed E-state index contributed by atoms with van der Waals surface area (Å²) in [6.45, 7) is 0.251. The fourth-order valence-corrected chi connectivity index (χ4v) is 5.09. The molecule has 1 aliphatic heterocycles. The molecule has 0 unspecified atom stereocenters. The third kappa shape index (κ3) is 3.28. The van der Waals surface area contributed by atoms with Gasteiger partial charge in [-0.15, -0.1) is 0 Å². The van der Waals surface area contributed by atoms with Crippen molar-refractivity contribution < 1.29 is 19.1 Å². The molecule has 0 N–H and O–H groups in total. The van der Waals surface area contributed by atoms with E-state index >= 15 is 0 Å².